The van der Waals surface area contributed by atoms with Gasteiger partial charge < -0.3 is 10.5 Å². The van der Waals surface area contributed by atoms with E-state index < -0.39 is 11.7 Å². The molecule has 2 N–H and O–H groups in total. The molecule has 0 amide bonds. The first-order valence-corrected chi connectivity index (χ1v) is 6.51. The van der Waals surface area contributed by atoms with Crippen LogP contribution in [-0.2, 0) is 6.18 Å². The number of rotatable bonds is 5. The lowest BCUT2D eigenvalue weighted by Gasteiger charge is -2.32. The number of hydrogen-bond acceptors (Lipinski definition) is 2. The molecule has 1 aromatic rings. The van der Waals surface area contributed by atoms with E-state index in [9.17, 15) is 13.2 Å². The molecule has 1 atom stereocenters. The molecule has 5 heteroatoms. The number of benzene rings is 1. The molecule has 1 fully saturated rings. The van der Waals surface area contributed by atoms with E-state index >= 15 is 0 Å². The summed E-state index contributed by atoms with van der Waals surface area (Å²) in [5, 5.41) is 0. The van der Waals surface area contributed by atoms with Gasteiger partial charge in [-0.05, 0) is 43.5 Å². The fourth-order valence-electron chi connectivity index (χ4n) is 2.27. The summed E-state index contributed by atoms with van der Waals surface area (Å²) in [7, 11) is 0. The van der Waals surface area contributed by atoms with E-state index in [4.69, 9.17) is 10.5 Å². The zero-order chi connectivity index (χ0) is 13.9. The molecule has 0 saturated heterocycles. The summed E-state index contributed by atoms with van der Waals surface area (Å²) >= 11 is 0. The maximum Gasteiger partial charge on any atom is 0.416 e. The maximum absolute atomic E-state index is 12.5. The predicted octanol–water partition coefficient (Wildman–Crippen LogP) is 3.46. The Morgan fingerprint density at radius 3 is 2.58 bits per heavy atom. The molecule has 1 aliphatic rings. The van der Waals surface area contributed by atoms with Crippen molar-refractivity contribution in [3.8, 4) is 5.75 Å². The molecule has 1 aliphatic carbocycles. The highest BCUT2D eigenvalue weighted by atomic mass is 19.4. The molecule has 1 saturated carbocycles. The lowest BCUT2D eigenvalue weighted by molar-refractivity contribution is -0.137. The van der Waals surface area contributed by atoms with Crippen LogP contribution in [0.3, 0.4) is 0 Å². The van der Waals surface area contributed by atoms with Gasteiger partial charge in [-0.2, -0.15) is 13.2 Å². The van der Waals surface area contributed by atoms with Crippen molar-refractivity contribution in [1.29, 1.82) is 0 Å². The first-order chi connectivity index (χ1) is 9.00. The van der Waals surface area contributed by atoms with Gasteiger partial charge in [-0.25, -0.2) is 0 Å². The van der Waals surface area contributed by atoms with Gasteiger partial charge in [-0.15, -0.1) is 0 Å². The van der Waals surface area contributed by atoms with Crippen LogP contribution < -0.4 is 10.5 Å². The van der Waals surface area contributed by atoms with Crippen molar-refractivity contribution in [2.75, 3.05) is 13.2 Å². The van der Waals surface area contributed by atoms with E-state index in [1.54, 1.807) is 6.07 Å². The molecule has 19 heavy (non-hydrogen) atoms. The monoisotopic (exact) mass is 273 g/mol. The topological polar surface area (TPSA) is 35.2 Å². The molecule has 0 heterocycles. The highest BCUT2D eigenvalue weighted by Gasteiger charge is 2.31. The van der Waals surface area contributed by atoms with Gasteiger partial charge in [0.25, 0.3) is 0 Å². The Morgan fingerprint density at radius 2 is 2.05 bits per heavy atom. The highest BCUT2D eigenvalue weighted by molar-refractivity contribution is 5.30. The van der Waals surface area contributed by atoms with Gasteiger partial charge in [-0.3, -0.25) is 0 Å². The molecule has 0 bridgehead atoms. The average molecular weight is 273 g/mol. The van der Waals surface area contributed by atoms with Crippen molar-refractivity contribution in [2.24, 2.45) is 17.6 Å². The third-order valence-corrected chi connectivity index (χ3v) is 3.74. The molecule has 106 valence electrons. The van der Waals surface area contributed by atoms with Crippen LogP contribution in [0, 0.1) is 11.8 Å². The van der Waals surface area contributed by atoms with E-state index in [0.29, 0.717) is 19.1 Å². The number of ether oxygens (including phenoxy) is 1. The van der Waals surface area contributed by atoms with Crippen molar-refractivity contribution >= 4 is 0 Å². The van der Waals surface area contributed by atoms with Crippen molar-refractivity contribution in [3.05, 3.63) is 29.8 Å². The fraction of sp³-hybridized carbons (Fsp3) is 0.571. The Bertz CT molecular complexity index is 415. The third kappa shape index (κ3) is 3.62. The molecule has 0 spiro atoms. The Kier molecular flexibility index (Phi) is 4.34. The number of alkyl halides is 3. The Morgan fingerprint density at radius 1 is 1.32 bits per heavy atom. The highest BCUT2D eigenvalue weighted by Crippen LogP contribution is 2.34. The van der Waals surface area contributed by atoms with Crippen molar-refractivity contribution < 1.29 is 17.9 Å². The summed E-state index contributed by atoms with van der Waals surface area (Å²) < 4.78 is 43.1. The Balaban J connectivity index is 1.95. The second kappa shape index (κ2) is 5.82. The number of halogens is 3. The fourth-order valence-corrected chi connectivity index (χ4v) is 2.27. The predicted molar refractivity (Wildman–Crippen MR) is 66.8 cm³/mol. The van der Waals surface area contributed by atoms with Crippen LogP contribution in [0.4, 0.5) is 13.2 Å². The minimum Gasteiger partial charge on any atom is -0.493 e. The zero-order valence-electron chi connectivity index (χ0n) is 10.6. The molecule has 0 radical (unpaired) electrons. The summed E-state index contributed by atoms with van der Waals surface area (Å²) in [5.41, 5.74) is 5.00. The van der Waals surface area contributed by atoms with E-state index in [-0.39, 0.29) is 11.7 Å². The third-order valence-electron chi connectivity index (χ3n) is 3.74. The van der Waals surface area contributed by atoms with Crippen LogP contribution in [0.15, 0.2) is 24.3 Å². The largest absolute Gasteiger partial charge is 0.493 e. The quantitative estimate of drug-likeness (QED) is 0.891. The van der Waals surface area contributed by atoms with Crippen LogP contribution in [-0.4, -0.2) is 13.2 Å². The lowest BCUT2D eigenvalue weighted by Crippen LogP contribution is -2.32. The molecular weight excluding hydrogens is 255 g/mol. The number of hydrogen-bond donors (Lipinski definition) is 1. The van der Waals surface area contributed by atoms with Crippen LogP contribution in [0.1, 0.15) is 24.8 Å². The van der Waals surface area contributed by atoms with Gasteiger partial charge in [0.05, 0.1) is 12.2 Å². The smallest absolute Gasteiger partial charge is 0.416 e. The minimum atomic E-state index is -4.33. The summed E-state index contributed by atoms with van der Waals surface area (Å²) in [4.78, 5) is 0. The maximum atomic E-state index is 12.5. The number of nitrogens with two attached hydrogens (primary N) is 1. The van der Waals surface area contributed by atoms with Crippen LogP contribution >= 0.6 is 0 Å². The van der Waals surface area contributed by atoms with Crippen LogP contribution in [0.25, 0.3) is 0 Å². The second-order valence-corrected chi connectivity index (χ2v) is 5.02. The summed E-state index contributed by atoms with van der Waals surface area (Å²) in [6, 6.07) is 4.98. The van der Waals surface area contributed by atoms with E-state index in [1.165, 1.54) is 12.5 Å². The van der Waals surface area contributed by atoms with Gasteiger partial charge >= 0.3 is 6.18 Å². The average Bonchev–Trinajstić information content (AvgIpc) is 2.31. The molecule has 2 nitrogen and oxygen atoms in total. The van der Waals surface area contributed by atoms with Gasteiger partial charge in [0.1, 0.15) is 5.75 Å². The van der Waals surface area contributed by atoms with Crippen molar-refractivity contribution in [2.45, 2.75) is 25.4 Å². The molecule has 2 rings (SSSR count). The van der Waals surface area contributed by atoms with Crippen LogP contribution in [0.5, 0.6) is 5.75 Å². The van der Waals surface area contributed by atoms with Crippen molar-refractivity contribution in [3.63, 3.8) is 0 Å². The first-order valence-electron chi connectivity index (χ1n) is 6.51. The van der Waals surface area contributed by atoms with E-state index in [2.05, 4.69) is 0 Å². The summed E-state index contributed by atoms with van der Waals surface area (Å²) in [5.74, 6) is 1.06. The Labute approximate surface area is 110 Å². The lowest BCUT2D eigenvalue weighted by atomic mass is 9.76. The second-order valence-electron chi connectivity index (χ2n) is 5.02. The van der Waals surface area contributed by atoms with Gasteiger partial charge in [-0.1, -0.05) is 12.5 Å². The van der Waals surface area contributed by atoms with Gasteiger partial charge in [0, 0.05) is 5.92 Å². The first kappa shape index (κ1) is 14.2. The van der Waals surface area contributed by atoms with Crippen molar-refractivity contribution in [1.82, 2.24) is 0 Å². The van der Waals surface area contributed by atoms with E-state index in [0.717, 1.165) is 25.0 Å². The standard InChI is InChI=1S/C14H18F3NO/c15-14(16,17)12-5-2-6-13(7-12)19-9-11(8-18)10-3-1-4-10/h2,5-7,10-11H,1,3-4,8-9,18H2. The van der Waals surface area contributed by atoms with E-state index in [1.807, 2.05) is 0 Å². The molecule has 1 unspecified atom stereocenters. The van der Waals surface area contributed by atoms with Crippen LogP contribution in [0.2, 0.25) is 0 Å². The SMILES string of the molecule is NCC(COc1cccc(C(F)(F)F)c1)C1CCC1. The molecule has 1 aromatic carbocycles. The normalized spacial score (nSPS) is 17.9. The summed E-state index contributed by atoms with van der Waals surface area (Å²) in [6.07, 6.45) is -0.826. The Hall–Kier alpha value is -1.23. The summed E-state index contributed by atoms with van der Waals surface area (Å²) in [6.45, 7) is 0.909. The zero-order valence-corrected chi connectivity index (χ0v) is 10.6. The minimum absolute atomic E-state index is 0.239. The molecule has 0 aromatic heterocycles. The van der Waals surface area contributed by atoms with Gasteiger partial charge in [0.2, 0.25) is 0 Å². The molecular formula is C14H18F3NO. The van der Waals surface area contributed by atoms with Gasteiger partial charge in [0.15, 0.2) is 0 Å². The molecule has 0 aliphatic heterocycles.